The molecule has 0 aliphatic rings. The normalized spacial score (nSPS) is 10.6. The predicted octanol–water partition coefficient (Wildman–Crippen LogP) is 2.24. The number of methoxy groups -OCH3 is 2. The molecule has 10 heteroatoms. The fourth-order valence-corrected chi connectivity index (χ4v) is 3.17. The molecule has 1 N–H and O–H groups in total. The monoisotopic (exact) mass is 406 g/mol. The molecule has 0 aliphatic heterocycles. The van der Waals surface area contributed by atoms with Crippen LogP contribution in [0, 0.1) is 0 Å². The second kappa shape index (κ2) is 9.36. The van der Waals surface area contributed by atoms with Gasteiger partial charge in [0.15, 0.2) is 5.16 Å². The number of carbonyl (C=O) groups is 3. The van der Waals surface area contributed by atoms with Crippen LogP contribution >= 0.6 is 11.8 Å². The minimum atomic E-state index is -0.629. The van der Waals surface area contributed by atoms with Gasteiger partial charge < -0.3 is 19.4 Å². The summed E-state index contributed by atoms with van der Waals surface area (Å²) in [6.07, 6.45) is 0. The highest BCUT2D eigenvalue weighted by molar-refractivity contribution is 7.99. The summed E-state index contributed by atoms with van der Waals surface area (Å²) in [5.41, 5.74) is 0.543. The lowest BCUT2D eigenvalue weighted by atomic mass is 10.1. The Morgan fingerprint density at radius 2 is 1.64 bits per heavy atom. The summed E-state index contributed by atoms with van der Waals surface area (Å²) < 4.78 is 11.2. The topological polar surface area (TPSA) is 112 Å². The van der Waals surface area contributed by atoms with E-state index in [-0.39, 0.29) is 34.4 Å². The van der Waals surface area contributed by atoms with Gasteiger partial charge in [-0.1, -0.05) is 25.6 Å². The molecule has 0 atom stereocenters. The second-order valence-corrected chi connectivity index (χ2v) is 7.12. The largest absolute Gasteiger partial charge is 0.465 e. The maximum absolute atomic E-state index is 12.3. The number of nitrogens with zero attached hydrogens (tertiary/aromatic N) is 3. The van der Waals surface area contributed by atoms with Crippen molar-refractivity contribution in [1.29, 1.82) is 0 Å². The fourth-order valence-electron chi connectivity index (χ4n) is 2.45. The summed E-state index contributed by atoms with van der Waals surface area (Å²) in [4.78, 5) is 35.9. The second-order valence-electron chi connectivity index (χ2n) is 6.17. The van der Waals surface area contributed by atoms with Crippen molar-refractivity contribution in [2.45, 2.75) is 24.9 Å². The third-order valence-electron chi connectivity index (χ3n) is 3.78. The molecule has 0 aliphatic carbocycles. The van der Waals surface area contributed by atoms with E-state index in [2.05, 4.69) is 25.0 Å². The fraction of sp³-hybridized carbons (Fsp3) is 0.389. The van der Waals surface area contributed by atoms with E-state index in [1.54, 1.807) is 0 Å². The zero-order valence-electron chi connectivity index (χ0n) is 16.3. The average Bonchev–Trinajstić information content (AvgIpc) is 3.05. The van der Waals surface area contributed by atoms with E-state index in [1.165, 1.54) is 44.2 Å². The summed E-state index contributed by atoms with van der Waals surface area (Å²) in [7, 11) is 4.31. The molecule has 9 nitrogen and oxygen atoms in total. The molecule has 0 spiro atoms. The summed E-state index contributed by atoms with van der Waals surface area (Å²) in [6.45, 7) is 4.02. The van der Waals surface area contributed by atoms with E-state index in [0.717, 1.165) is 5.82 Å². The molecule has 0 unspecified atom stereocenters. The summed E-state index contributed by atoms with van der Waals surface area (Å²) in [6, 6.07) is 4.20. The van der Waals surface area contributed by atoms with Crippen LogP contribution in [0.5, 0.6) is 0 Å². The Bertz CT molecular complexity index is 860. The number of rotatable bonds is 7. The maximum Gasteiger partial charge on any atom is 0.337 e. The molecule has 2 aromatic rings. The molecule has 1 amide bonds. The Hall–Kier alpha value is -2.88. The molecule has 0 fully saturated rings. The molecule has 0 radical (unpaired) electrons. The third kappa shape index (κ3) is 5.10. The third-order valence-corrected chi connectivity index (χ3v) is 4.80. The van der Waals surface area contributed by atoms with E-state index in [1.807, 2.05) is 25.5 Å². The first-order valence-electron chi connectivity index (χ1n) is 8.40. The van der Waals surface area contributed by atoms with Crippen LogP contribution in [0.3, 0.4) is 0 Å². The van der Waals surface area contributed by atoms with Gasteiger partial charge >= 0.3 is 11.9 Å². The van der Waals surface area contributed by atoms with Crippen molar-refractivity contribution in [3.63, 3.8) is 0 Å². The molecular formula is C18H22N4O5S. The van der Waals surface area contributed by atoms with E-state index >= 15 is 0 Å². The number of aromatic nitrogens is 3. The van der Waals surface area contributed by atoms with Crippen LogP contribution in [-0.2, 0) is 21.3 Å². The number of thioether (sulfide) groups is 1. The van der Waals surface area contributed by atoms with E-state index in [4.69, 9.17) is 0 Å². The van der Waals surface area contributed by atoms with Gasteiger partial charge in [-0.05, 0) is 18.2 Å². The molecule has 2 rings (SSSR count). The van der Waals surface area contributed by atoms with Gasteiger partial charge in [0.25, 0.3) is 0 Å². The van der Waals surface area contributed by atoms with Gasteiger partial charge in [0.1, 0.15) is 5.82 Å². The summed E-state index contributed by atoms with van der Waals surface area (Å²) >= 11 is 1.24. The lowest BCUT2D eigenvalue weighted by Gasteiger charge is -2.10. The SMILES string of the molecule is COC(=O)c1cc(NC(=O)CSc2nnc(C(C)C)n2C)cc(C(=O)OC)c1. The number of anilines is 1. The Kier molecular flexibility index (Phi) is 7.16. The van der Waals surface area contributed by atoms with Crippen LogP contribution in [0.25, 0.3) is 0 Å². The minimum absolute atomic E-state index is 0.0834. The van der Waals surface area contributed by atoms with Crippen molar-refractivity contribution in [3.05, 3.63) is 35.2 Å². The van der Waals surface area contributed by atoms with Gasteiger partial charge in [-0.2, -0.15) is 0 Å². The van der Waals surface area contributed by atoms with Crippen molar-refractivity contribution in [3.8, 4) is 0 Å². The lowest BCUT2D eigenvalue weighted by molar-refractivity contribution is -0.113. The summed E-state index contributed by atoms with van der Waals surface area (Å²) in [5, 5.41) is 11.5. The van der Waals surface area contributed by atoms with Crippen LogP contribution in [0.4, 0.5) is 5.69 Å². The molecule has 28 heavy (non-hydrogen) atoms. The highest BCUT2D eigenvalue weighted by atomic mass is 32.2. The van der Waals surface area contributed by atoms with Crippen LogP contribution in [-0.4, -0.2) is 52.6 Å². The standard InChI is InChI=1S/C18H22N4O5S/c1-10(2)15-20-21-18(22(15)3)28-9-14(23)19-13-7-11(16(24)26-4)6-12(8-13)17(25)27-5/h6-8,10H,9H2,1-5H3,(H,19,23). The Morgan fingerprint density at radius 3 is 2.11 bits per heavy atom. The van der Waals surface area contributed by atoms with Crippen molar-refractivity contribution >= 4 is 35.3 Å². The number of nitrogens with one attached hydrogen (secondary N) is 1. The number of hydrogen-bond acceptors (Lipinski definition) is 8. The van der Waals surface area contributed by atoms with Crippen LogP contribution in [0.2, 0.25) is 0 Å². The van der Waals surface area contributed by atoms with Gasteiger partial charge in [0.05, 0.1) is 31.1 Å². The zero-order chi connectivity index (χ0) is 20.8. The molecule has 1 aromatic heterocycles. The Balaban J connectivity index is 2.12. The first-order valence-corrected chi connectivity index (χ1v) is 9.39. The number of hydrogen-bond donors (Lipinski definition) is 1. The lowest BCUT2D eigenvalue weighted by Crippen LogP contribution is -2.16. The van der Waals surface area contributed by atoms with Gasteiger partial charge in [-0.25, -0.2) is 9.59 Å². The van der Waals surface area contributed by atoms with Crippen LogP contribution in [0.15, 0.2) is 23.4 Å². The van der Waals surface area contributed by atoms with Crippen molar-refractivity contribution in [2.24, 2.45) is 7.05 Å². The Labute approximate surface area is 166 Å². The number of carbonyl (C=O) groups excluding carboxylic acids is 3. The smallest absolute Gasteiger partial charge is 0.337 e. The van der Waals surface area contributed by atoms with Gasteiger partial charge in [-0.15, -0.1) is 10.2 Å². The molecule has 0 saturated heterocycles. The summed E-state index contributed by atoms with van der Waals surface area (Å²) in [5.74, 6) is -0.446. The maximum atomic E-state index is 12.3. The highest BCUT2D eigenvalue weighted by Crippen LogP contribution is 2.21. The number of esters is 2. The molecule has 0 bridgehead atoms. The van der Waals surface area contributed by atoms with Crippen molar-refractivity contribution in [1.82, 2.24) is 14.8 Å². The molecule has 0 saturated carbocycles. The zero-order valence-corrected chi connectivity index (χ0v) is 17.1. The van der Waals surface area contributed by atoms with Crippen LogP contribution < -0.4 is 5.32 Å². The number of amides is 1. The van der Waals surface area contributed by atoms with Gasteiger partial charge in [-0.3, -0.25) is 4.79 Å². The number of benzene rings is 1. The quantitative estimate of drug-likeness (QED) is 0.550. The molecule has 1 aromatic carbocycles. The van der Waals surface area contributed by atoms with Gasteiger partial charge in [0, 0.05) is 18.7 Å². The Morgan fingerprint density at radius 1 is 1.07 bits per heavy atom. The van der Waals surface area contributed by atoms with E-state index < -0.39 is 11.9 Å². The van der Waals surface area contributed by atoms with Crippen molar-refractivity contribution in [2.75, 3.05) is 25.3 Å². The van der Waals surface area contributed by atoms with Crippen LogP contribution in [0.1, 0.15) is 46.3 Å². The minimum Gasteiger partial charge on any atom is -0.465 e. The highest BCUT2D eigenvalue weighted by Gasteiger charge is 2.16. The molecule has 1 heterocycles. The van der Waals surface area contributed by atoms with E-state index in [0.29, 0.717) is 5.16 Å². The first-order chi connectivity index (χ1) is 13.3. The molecule has 150 valence electrons. The average molecular weight is 406 g/mol. The van der Waals surface area contributed by atoms with Gasteiger partial charge in [0.2, 0.25) is 5.91 Å². The van der Waals surface area contributed by atoms with Crippen molar-refractivity contribution < 1.29 is 23.9 Å². The first kappa shape index (κ1) is 21.4. The number of ether oxygens (including phenoxy) is 2. The molecular weight excluding hydrogens is 384 g/mol. The predicted molar refractivity (Wildman–Crippen MR) is 104 cm³/mol. The van der Waals surface area contributed by atoms with E-state index in [9.17, 15) is 14.4 Å².